The molecule has 1 heteroatoms. The first-order valence-corrected chi connectivity index (χ1v) is 8.82. The van der Waals surface area contributed by atoms with E-state index in [1.807, 2.05) is 0 Å². The van der Waals surface area contributed by atoms with E-state index in [1.165, 1.54) is 34.7 Å². The second-order valence-electron chi connectivity index (χ2n) is 7.59. The average Bonchev–Trinajstić information content (AvgIpc) is 2.35. The molecule has 0 aromatic heterocycles. The van der Waals surface area contributed by atoms with Crippen molar-refractivity contribution in [2.45, 2.75) is 52.3 Å². The molecule has 0 radical (unpaired) electrons. The zero-order chi connectivity index (χ0) is 15.6. The lowest BCUT2D eigenvalue weighted by Gasteiger charge is -2.26. The van der Waals surface area contributed by atoms with Gasteiger partial charge in [0, 0.05) is 4.83 Å². The van der Waals surface area contributed by atoms with E-state index in [2.05, 4.69) is 86.9 Å². The van der Waals surface area contributed by atoms with Crippen molar-refractivity contribution in [2.75, 3.05) is 0 Å². The molecular formula is C20H27Br. The Morgan fingerprint density at radius 1 is 1.05 bits per heavy atom. The van der Waals surface area contributed by atoms with E-state index in [9.17, 15) is 0 Å². The zero-order valence-corrected chi connectivity index (χ0v) is 15.5. The Kier molecular flexibility index (Phi) is 5.14. The van der Waals surface area contributed by atoms with Gasteiger partial charge >= 0.3 is 0 Å². The largest absolute Gasteiger partial charge is 0.0838 e. The minimum absolute atomic E-state index is 0.403. The summed E-state index contributed by atoms with van der Waals surface area (Å²) in [5.41, 5.74) is 3.26. The summed E-state index contributed by atoms with van der Waals surface area (Å²) >= 11 is 3.97. The molecule has 0 spiro atoms. The minimum atomic E-state index is 0.403. The maximum atomic E-state index is 3.97. The maximum absolute atomic E-state index is 3.97. The van der Waals surface area contributed by atoms with Crippen LogP contribution in [0.2, 0.25) is 0 Å². The third-order valence-corrected chi connectivity index (χ3v) is 4.90. The molecular weight excluding hydrogens is 320 g/mol. The molecule has 2 atom stereocenters. The Balaban J connectivity index is 2.27. The van der Waals surface area contributed by atoms with Crippen LogP contribution in [0.15, 0.2) is 36.4 Å². The van der Waals surface area contributed by atoms with Gasteiger partial charge in [0.2, 0.25) is 0 Å². The van der Waals surface area contributed by atoms with Crippen LogP contribution in [0.1, 0.15) is 56.5 Å². The van der Waals surface area contributed by atoms with E-state index in [0.29, 0.717) is 16.2 Å². The molecule has 0 heterocycles. The molecule has 0 nitrogen and oxygen atoms in total. The van der Waals surface area contributed by atoms with Crippen LogP contribution in [0.25, 0.3) is 10.8 Å². The number of hydrogen-bond donors (Lipinski definition) is 0. The van der Waals surface area contributed by atoms with Gasteiger partial charge in [0.1, 0.15) is 0 Å². The van der Waals surface area contributed by atoms with Gasteiger partial charge in [-0.15, -0.1) is 0 Å². The summed E-state index contributed by atoms with van der Waals surface area (Å²) in [6, 6.07) is 13.2. The summed E-state index contributed by atoms with van der Waals surface area (Å²) in [5.74, 6) is 0.716. The van der Waals surface area contributed by atoms with Gasteiger partial charge in [0.25, 0.3) is 0 Å². The first-order chi connectivity index (χ1) is 9.78. The lowest BCUT2D eigenvalue weighted by molar-refractivity contribution is 0.296. The first-order valence-electron chi connectivity index (χ1n) is 7.90. The Bertz CT molecular complexity index is 607. The van der Waals surface area contributed by atoms with Crippen molar-refractivity contribution in [2.24, 2.45) is 11.3 Å². The van der Waals surface area contributed by atoms with Crippen molar-refractivity contribution in [3.05, 3.63) is 47.5 Å². The Morgan fingerprint density at radius 2 is 1.71 bits per heavy atom. The van der Waals surface area contributed by atoms with Crippen molar-refractivity contribution >= 4 is 26.7 Å². The standard InChI is InChI=1S/C20H27Br/c1-14(13-20(3,4)5)12-18(21)19-15(2)10-11-16-8-6-7-9-17(16)19/h6-11,14,18H,12-13H2,1-5H3. The number of fused-ring (bicyclic) bond motifs is 1. The van der Waals surface area contributed by atoms with Crippen LogP contribution < -0.4 is 0 Å². The van der Waals surface area contributed by atoms with Gasteiger partial charge in [-0.3, -0.25) is 0 Å². The molecule has 2 aromatic rings. The highest BCUT2D eigenvalue weighted by atomic mass is 79.9. The van der Waals surface area contributed by atoms with Crippen LogP contribution in [0, 0.1) is 18.3 Å². The predicted octanol–water partition coefficient (Wildman–Crippen LogP) is 7.05. The van der Waals surface area contributed by atoms with Crippen LogP contribution in [-0.4, -0.2) is 0 Å². The molecule has 2 rings (SSSR count). The van der Waals surface area contributed by atoms with E-state index >= 15 is 0 Å². The molecule has 2 aromatic carbocycles. The summed E-state index contributed by atoms with van der Waals surface area (Å²) in [4.78, 5) is 0.431. The fourth-order valence-corrected chi connectivity index (χ4v) is 4.67. The normalized spacial score (nSPS) is 15.1. The van der Waals surface area contributed by atoms with E-state index < -0.39 is 0 Å². The number of benzene rings is 2. The average molecular weight is 347 g/mol. The van der Waals surface area contributed by atoms with Gasteiger partial charge in [0.15, 0.2) is 0 Å². The molecule has 0 aliphatic rings. The van der Waals surface area contributed by atoms with Crippen molar-refractivity contribution < 1.29 is 0 Å². The Morgan fingerprint density at radius 3 is 2.38 bits per heavy atom. The fraction of sp³-hybridized carbons (Fsp3) is 0.500. The number of alkyl halides is 1. The van der Waals surface area contributed by atoms with Gasteiger partial charge < -0.3 is 0 Å². The van der Waals surface area contributed by atoms with Gasteiger partial charge in [-0.25, -0.2) is 0 Å². The zero-order valence-electron chi connectivity index (χ0n) is 13.9. The highest BCUT2D eigenvalue weighted by Gasteiger charge is 2.20. The summed E-state index contributed by atoms with van der Waals surface area (Å²) in [6.07, 6.45) is 2.45. The molecule has 0 saturated carbocycles. The summed E-state index contributed by atoms with van der Waals surface area (Å²) in [5, 5.41) is 2.73. The van der Waals surface area contributed by atoms with Crippen LogP contribution in [-0.2, 0) is 0 Å². The topological polar surface area (TPSA) is 0 Å². The number of hydrogen-bond acceptors (Lipinski definition) is 0. The van der Waals surface area contributed by atoms with Crippen molar-refractivity contribution in [3.8, 4) is 0 Å². The monoisotopic (exact) mass is 346 g/mol. The molecule has 21 heavy (non-hydrogen) atoms. The highest BCUT2D eigenvalue weighted by molar-refractivity contribution is 9.09. The molecule has 2 unspecified atom stereocenters. The second-order valence-corrected chi connectivity index (χ2v) is 8.70. The number of halogens is 1. The molecule has 0 aliphatic heterocycles. The Hall–Kier alpha value is -0.820. The van der Waals surface area contributed by atoms with Crippen molar-refractivity contribution in [3.63, 3.8) is 0 Å². The SMILES string of the molecule is Cc1ccc2ccccc2c1C(Br)CC(C)CC(C)(C)C. The molecule has 0 aliphatic carbocycles. The second kappa shape index (κ2) is 6.52. The number of rotatable bonds is 4. The third-order valence-electron chi connectivity index (χ3n) is 4.07. The first kappa shape index (κ1) is 16.5. The molecule has 0 N–H and O–H groups in total. The van der Waals surface area contributed by atoms with Crippen LogP contribution in [0.4, 0.5) is 0 Å². The molecule has 0 bridgehead atoms. The van der Waals surface area contributed by atoms with Gasteiger partial charge in [-0.1, -0.05) is 80.0 Å². The molecule has 0 saturated heterocycles. The van der Waals surface area contributed by atoms with Crippen LogP contribution in [0.5, 0.6) is 0 Å². The van der Waals surface area contributed by atoms with E-state index in [4.69, 9.17) is 0 Å². The summed E-state index contributed by atoms with van der Waals surface area (Å²) in [6.45, 7) is 11.6. The summed E-state index contributed by atoms with van der Waals surface area (Å²) < 4.78 is 0. The molecule has 114 valence electrons. The van der Waals surface area contributed by atoms with Gasteiger partial charge in [0.05, 0.1) is 0 Å². The number of aryl methyl sites for hydroxylation is 1. The van der Waals surface area contributed by atoms with Crippen molar-refractivity contribution in [1.29, 1.82) is 0 Å². The van der Waals surface area contributed by atoms with E-state index in [1.54, 1.807) is 0 Å². The lowest BCUT2D eigenvalue weighted by atomic mass is 9.82. The van der Waals surface area contributed by atoms with Gasteiger partial charge in [-0.2, -0.15) is 0 Å². The van der Waals surface area contributed by atoms with E-state index in [-0.39, 0.29) is 0 Å². The van der Waals surface area contributed by atoms with Gasteiger partial charge in [-0.05, 0) is 53.0 Å². The highest BCUT2D eigenvalue weighted by Crippen LogP contribution is 2.39. The Labute approximate surface area is 138 Å². The van der Waals surface area contributed by atoms with Crippen LogP contribution in [0.3, 0.4) is 0 Å². The lowest BCUT2D eigenvalue weighted by Crippen LogP contribution is -2.12. The smallest absolute Gasteiger partial charge is 0.0406 e. The van der Waals surface area contributed by atoms with Crippen molar-refractivity contribution in [1.82, 2.24) is 0 Å². The van der Waals surface area contributed by atoms with Crippen LogP contribution >= 0.6 is 15.9 Å². The maximum Gasteiger partial charge on any atom is 0.0406 e. The van der Waals surface area contributed by atoms with E-state index in [0.717, 1.165) is 0 Å². The fourth-order valence-electron chi connectivity index (χ4n) is 3.42. The molecule has 0 amide bonds. The predicted molar refractivity (Wildman–Crippen MR) is 98.2 cm³/mol. The minimum Gasteiger partial charge on any atom is -0.0838 e. The quantitative estimate of drug-likeness (QED) is 0.520. The summed E-state index contributed by atoms with van der Waals surface area (Å²) in [7, 11) is 0. The third kappa shape index (κ3) is 4.32. The molecule has 0 fully saturated rings.